The molecule has 128 valence electrons. The lowest BCUT2D eigenvalue weighted by molar-refractivity contribution is -0.139. The molecule has 1 atom stereocenters. The van der Waals surface area contributed by atoms with E-state index in [1.54, 1.807) is 11.6 Å². The molecule has 0 aliphatic rings. The Morgan fingerprint density at radius 1 is 1.33 bits per heavy atom. The average Bonchev–Trinajstić information content (AvgIpc) is 2.93. The molecule has 1 aromatic carbocycles. The zero-order valence-corrected chi connectivity index (χ0v) is 15.2. The first-order chi connectivity index (χ1) is 11.4. The second-order valence-electron chi connectivity index (χ2n) is 5.54. The number of halogens is 1. The molecule has 2 N–H and O–H groups in total. The van der Waals surface area contributed by atoms with Crippen LogP contribution in [0.1, 0.15) is 42.2 Å². The molecule has 7 heteroatoms. The number of hydrogen-bond acceptors (Lipinski definition) is 3. The number of aromatic nitrogens is 2. The SMILES string of the molecule is CCCC[C@H](NC(=O)c1cnn(-c2ccc(Br)cc2)c1C)C(=O)O. The molecule has 0 unspecified atom stereocenters. The van der Waals surface area contributed by atoms with Gasteiger partial charge in [-0.1, -0.05) is 35.7 Å². The Morgan fingerprint density at radius 3 is 2.58 bits per heavy atom. The van der Waals surface area contributed by atoms with Gasteiger partial charge in [0.15, 0.2) is 0 Å². The van der Waals surface area contributed by atoms with Crippen molar-refractivity contribution in [3.05, 3.63) is 46.2 Å². The van der Waals surface area contributed by atoms with Gasteiger partial charge in [-0.3, -0.25) is 4.79 Å². The smallest absolute Gasteiger partial charge is 0.326 e. The molecule has 1 aromatic heterocycles. The second kappa shape index (κ2) is 8.10. The Bertz CT molecular complexity index is 725. The Balaban J connectivity index is 2.18. The standard InChI is InChI=1S/C17H20BrN3O3/c1-3-4-5-15(17(23)24)20-16(22)14-10-19-21(11(14)2)13-8-6-12(18)7-9-13/h6-10,15H,3-5H2,1-2H3,(H,20,22)(H,23,24)/t15-/m0/s1. The molecular formula is C17H20BrN3O3. The molecule has 0 fully saturated rings. The van der Waals surface area contributed by atoms with Crippen LogP contribution >= 0.6 is 15.9 Å². The van der Waals surface area contributed by atoms with Gasteiger partial charge in [-0.25, -0.2) is 9.48 Å². The van der Waals surface area contributed by atoms with Crippen molar-refractivity contribution in [2.24, 2.45) is 0 Å². The fourth-order valence-corrected chi connectivity index (χ4v) is 2.64. The molecular weight excluding hydrogens is 374 g/mol. The average molecular weight is 394 g/mol. The molecule has 1 amide bonds. The number of rotatable bonds is 7. The third-order valence-corrected chi connectivity index (χ3v) is 4.30. The predicted molar refractivity (Wildman–Crippen MR) is 94.4 cm³/mol. The number of carboxylic acid groups (broad SMARTS) is 1. The first kappa shape index (κ1) is 18.2. The third kappa shape index (κ3) is 4.23. The van der Waals surface area contributed by atoms with Gasteiger partial charge in [0.1, 0.15) is 6.04 Å². The summed E-state index contributed by atoms with van der Waals surface area (Å²) < 4.78 is 2.61. The molecule has 0 radical (unpaired) electrons. The maximum atomic E-state index is 12.4. The van der Waals surface area contributed by atoms with E-state index in [0.717, 1.165) is 23.0 Å². The molecule has 2 aromatic rings. The third-order valence-electron chi connectivity index (χ3n) is 3.78. The summed E-state index contributed by atoms with van der Waals surface area (Å²) in [6.45, 7) is 3.76. The molecule has 1 heterocycles. The number of carbonyl (C=O) groups is 2. The van der Waals surface area contributed by atoms with Crippen LogP contribution in [0.5, 0.6) is 0 Å². The van der Waals surface area contributed by atoms with Gasteiger partial charge in [-0.15, -0.1) is 0 Å². The van der Waals surface area contributed by atoms with Crippen molar-refractivity contribution in [1.82, 2.24) is 15.1 Å². The zero-order valence-electron chi connectivity index (χ0n) is 13.6. The van der Waals surface area contributed by atoms with Gasteiger partial charge >= 0.3 is 5.97 Å². The van der Waals surface area contributed by atoms with Crippen molar-refractivity contribution in [3.8, 4) is 5.69 Å². The van der Waals surface area contributed by atoms with Crippen molar-refractivity contribution in [1.29, 1.82) is 0 Å². The van der Waals surface area contributed by atoms with Gasteiger partial charge in [0.25, 0.3) is 5.91 Å². The molecule has 0 aliphatic carbocycles. The number of unbranched alkanes of at least 4 members (excludes halogenated alkanes) is 1. The van der Waals surface area contributed by atoms with Gasteiger partial charge in [0, 0.05) is 4.47 Å². The summed E-state index contributed by atoms with van der Waals surface area (Å²) in [5.74, 6) is -1.44. The number of carbonyl (C=O) groups excluding carboxylic acids is 1. The summed E-state index contributed by atoms with van der Waals surface area (Å²) in [4.78, 5) is 23.7. The van der Waals surface area contributed by atoms with Crippen LogP contribution in [-0.2, 0) is 4.79 Å². The van der Waals surface area contributed by atoms with Gasteiger partial charge in [-0.2, -0.15) is 5.10 Å². The summed E-state index contributed by atoms with van der Waals surface area (Å²) in [6, 6.07) is 6.66. The van der Waals surface area contributed by atoms with E-state index in [-0.39, 0.29) is 0 Å². The van der Waals surface area contributed by atoms with Crippen LogP contribution in [0.4, 0.5) is 0 Å². The Hall–Kier alpha value is -2.15. The van der Waals surface area contributed by atoms with Crippen LogP contribution in [-0.4, -0.2) is 32.8 Å². The van der Waals surface area contributed by atoms with E-state index < -0.39 is 17.9 Å². The van der Waals surface area contributed by atoms with E-state index in [1.165, 1.54) is 6.20 Å². The molecule has 0 aliphatic heterocycles. The van der Waals surface area contributed by atoms with Crippen molar-refractivity contribution >= 4 is 27.8 Å². The normalized spacial score (nSPS) is 12.0. The predicted octanol–water partition coefficient (Wildman–Crippen LogP) is 3.32. The molecule has 24 heavy (non-hydrogen) atoms. The molecule has 0 spiro atoms. The highest BCUT2D eigenvalue weighted by atomic mass is 79.9. The minimum atomic E-state index is -1.02. The molecule has 0 saturated carbocycles. The van der Waals surface area contributed by atoms with Crippen LogP contribution in [0.15, 0.2) is 34.9 Å². The van der Waals surface area contributed by atoms with Crippen molar-refractivity contribution in [2.75, 3.05) is 0 Å². The van der Waals surface area contributed by atoms with E-state index >= 15 is 0 Å². The number of hydrogen-bond donors (Lipinski definition) is 2. The zero-order chi connectivity index (χ0) is 17.7. The fraction of sp³-hybridized carbons (Fsp3) is 0.353. The highest BCUT2D eigenvalue weighted by Gasteiger charge is 2.22. The van der Waals surface area contributed by atoms with Crippen molar-refractivity contribution < 1.29 is 14.7 Å². The van der Waals surface area contributed by atoms with E-state index in [4.69, 9.17) is 0 Å². The maximum Gasteiger partial charge on any atom is 0.326 e. The fourth-order valence-electron chi connectivity index (χ4n) is 2.38. The lowest BCUT2D eigenvalue weighted by Gasteiger charge is -2.14. The number of amides is 1. The van der Waals surface area contributed by atoms with Gasteiger partial charge in [-0.05, 0) is 37.6 Å². The number of carboxylic acids is 1. The van der Waals surface area contributed by atoms with Crippen LogP contribution < -0.4 is 5.32 Å². The second-order valence-corrected chi connectivity index (χ2v) is 6.45. The van der Waals surface area contributed by atoms with Gasteiger partial charge in [0.05, 0.1) is 23.1 Å². The quantitative estimate of drug-likeness (QED) is 0.755. The summed E-state index contributed by atoms with van der Waals surface area (Å²) >= 11 is 3.38. The van der Waals surface area contributed by atoms with E-state index in [9.17, 15) is 14.7 Å². The Kier molecular flexibility index (Phi) is 6.14. The summed E-state index contributed by atoms with van der Waals surface area (Å²) in [5.41, 5.74) is 1.87. The van der Waals surface area contributed by atoms with Crippen LogP contribution in [0.3, 0.4) is 0 Å². The highest BCUT2D eigenvalue weighted by molar-refractivity contribution is 9.10. The Morgan fingerprint density at radius 2 is 2.00 bits per heavy atom. The summed E-state index contributed by atoms with van der Waals surface area (Å²) in [5, 5.41) is 16.1. The molecule has 0 bridgehead atoms. The molecule has 6 nitrogen and oxygen atoms in total. The van der Waals surface area contributed by atoms with Gasteiger partial charge in [0.2, 0.25) is 0 Å². The van der Waals surface area contributed by atoms with Crippen molar-refractivity contribution in [2.45, 2.75) is 39.2 Å². The first-order valence-corrected chi connectivity index (χ1v) is 8.57. The molecule has 0 saturated heterocycles. The lowest BCUT2D eigenvalue weighted by Crippen LogP contribution is -2.40. The minimum absolute atomic E-state index is 0.376. The maximum absolute atomic E-state index is 12.4. The number of nitrogens with zero attached hydrogens (tertiary/aromatic N) is 2. The number of nitrogens with one attached hydrogen (secondary N) is 1. The van der Waals surface area contributed by atoms with E-state index in [0.29, 0.717) is 17.7 Å². The summed E-state index contributed by atoms with van der Waals surface area (Å²) in [7, 11) is 0. The van der Waals surface area contributed by atoms with E-state index in [1.807, 2.05) is 31.2 Å². The van der Waals surface area contributed by atoms with Crippen LogP contribution in [0.2, 0.25) is 0 Å². The Labute approximate surface area is 149 Å². The van der Waals surface area contributed by atoms with Gasteiger partial charge < -0.3 is 10.4 Å². The van der Waals surface area contributed by atoms with Crippen LogP contribution in [0.25, 0.3) is 5.69 Å². The topological polar surface area (TPSA) is 84.2 Å². The largest absolute Gasteiger partial charge is 0.480 e. The monoisotopic (exact) mass is 393 g/mol. The first-order valence-electron chi connectivity index (χ1n) is 7.78. The highest BCUT2D eigenvalue weighted by Crippen LogP contribution is 2.17. The lowest BCUT2D eigenvalue weighted by atomic mass is 10.1. The van der Waals surface area contributed by atoms with E-state index in [2.05, 4.69) is 26.3 Å². The molecule has 2 rings (SSSR count). The van der Waals surface area contributed by atoms with Crippen molar-refractivity contribution in [3.63, 3.8) is 0 Å². The number of aliphatic carboxylic acids is 1. The number of benzene rings is 1. The minimum Gasteiger partial charge on any atom is -0.480 e. The van der Waals surface area contributed by atoms with Crippen LogP contribution in [0, 0.1) is 6.92 Å². The summed E-state index contributed by atoms with van der Waals surface area (Å²) in [6.07, 6.45) is 3.50.